The average molecular weight is 666 g/mol. The third-order valence-electron chi connectivity index (χ3n) is 11.8. The zero-order chi connectivity index (χ0) is 34.0. The molecule has 0 amide bonds. The van der Waals surface area contributed by atoms with Crippen molar-refractivity contribution in [1.82, 2.24) is 0 Å². The predicted molar refractivity (Wildman–Crippen MR) is 214 cm³/mol. The quantitative estimate of drug-likeness (QED) is 0.251. The van der Waals surface area contributed by atoms with Gasteiger partial charge in [0.15, 0.2) is 5.84 Å². The fourth-order valence-electron chi connectivity index (χ4n) is 8.76. The number of fused-ring (bicyclic) bond motifs is 2. The van der Waals surface area contributed by atoms with Gasteiger partial charge in [-0.05, 0) is 127 Å². The molecule has 254 valence electrons. The molecule has 3 aromatic rings. The molecule has 0 aromatic heterocycles. The summed E-state index contributed by atoms with van der Waals surface area (Å²) < 4.78 is 0. The van der Waals surface area contributed by atoms with Crippen molar-refractivity contribution >= 4 is 23.4 Å². The van der Waals surface area contributed by atoms with Gasteiger partial charge in [0.05, 0.1) is 17.4 Å². The molecule has 3 unspecified atom stereocenters. The van der Waals surface area contributed by atoms with Gasteiger partial charge in [-0.1, -0.05) is 109 Å². The molecule has 3 nitrogen and oxygen atoms in total. The zero-order valence-electron chi connectivity index (χ0n) is 29.6. The minimum Gasteiger partial charge on any atom is -0.262 e. The van der Waals surface area contributed by atoms with E-state index in [4.69, 9.17) is 15.0 Å². The number of benzene rings is 3. The van der Waals surface area contributed by atoms with E-state index in [1.54, 1.807) is 0 Å². The van der Waals surface area contributed by atoms with Crippen LogP contribution >= 0.6 is 0 Å². The van der Waals surface area contributed by atoms with Crippen molar-refractivity contribution in [2.45, 2.75) is 83.1 Å². The van der Waals surface area contributed by atoms with E-state index in [9.17, 15) is 0 Å². The molecule has 0 spiro atoms. The molecule has 2 heterocycles. The second-order valence-electron chi connectivity index (χ2n) is 15.1. The van der Waals surface area contributed by atoms with Crippen molar-refractivity contribution in [3.63, 3.8) is 0 Å². The van der Waals surface area contributed by atoms with Crippen LogP contribution in [0.15, 0.2) is 153 Å². The van der Waals surface area contributed by atoms with Crippen LogP contribution < -0.4 is 0 Å². The molecule has 3 aromatic carbocycles. The van der Waals surface area contributed by atoms with Crippen molar-refractivity contribution in [2.24, 2.45) is 26.8 Å². The van der Waals surface area contributed by atoms with Gasteiger partial charge < -0.3 is 0 Å². The van der Waals surface area contributed by atoms with Gasteiger partial charge >= 0.3 is 0 Å². The Bertz CT molecular complexity index is 2110. The van der Waals surface area contributed by atoms with E-state index in [2.05, 4.69) is 122 Å². The number of nitrogens with zero attached hydrogens (tertiary/aromatic N) is 3. The molecular weight excluding hydrogens is 619 g/mol. The number of para-hydroxylation sites is 1. The first-order valence-corrected chi connectivity index (χ1v) is 19.4. The van der Waals surface area contributed by atoms with Gasteiger partial charge in [0, 0.05) is 30.0 Å². The standard InChI is InChI=1S/C48H47N3/c1-2-9-33(10-3-1)34-14-8-15-38(23-17-34)46-31-47(39-24-18-37(19-25-39)44-30-43-13-6-7-16-45(43)49-32-44)51-48(50-46)40-26-20-36(21-27-40)42-28-22-35-11-4-5-12-41(35)29-42/h6-7,9,13-24,26-29,32,39,44,47H,1-5,8,10-12,25,30-31H2. The Kier molecular flexibility index (Phi) is 9.04. The Morgan fingerprint density at radius 1 is 0.627 bits per heavy atom. The van der Waals surface area contributed by atoms with Gasteiger partial charge in [0.1, 0.15) is 0 Å². The Hall–Kier alpha value is -4.89. The maximum atomic E-state index is 5.41. The lowest BCUT2D eigenvalue weighted by atomic mass is 9.81. The number of allylic oxidation sites excluding steroid dienone is 11. The molecule has 0 radical (unpaired) electrons. The molecule has 0 saturated heterocycles. The van der Waals surface area contributed by atoms with Crippen molar-refractivity contribution in [3.8, 4) is 11.1 Å². The van der Waals surface area contributed by atoms with Crippen LogP contribution in [-0.2, 0) is 19.3 Å². The maximum absolute atomic E-state index is 5.41. The van der Waals surface area contributed by atoms with Crippen LogP contribution in [0.1, 0.15) is 80.0 Å². The highest BCUT2D eigenvalue weighted by atomic mass is 15.0. The van der Waals surface area contributed by atoms with Crippen LogP contribution in [0.2, 0.25) is 0 Å². The van der Waals surface area contributed by atoms with Gasteiger partial charge in [-0.3, -0.25) is 9.98 Å². The average Bonchev–Trinajstić information content (AvgIpc) is 3.48. The van der Waals surface area contributed by atoms with Gasteiger partial charge in [0.2, 0.25) is 0 Å². The second-order valence-corrected chi connectivity index (χ2v) is 15.1. The summed E-state index contributed by atoms with van der Waals surface area (Å²) >= 11 is 0. The van der Waals surface area contributed by atoms with Crippen molar-refractivity contribution in [3.05, 3.63) is 160 Å². The van der Waals surface area contributed by atoms with Crippen LogP contribution in [0, 0.1) is 11.8 Å². The minimum absolute atomic E-state index is 0.133. The highest BCUT2D eigenvalue weighted by Gasteiger charge is 2.29. The van der Waals surface area contributed by atoms with Gasteiger partial charge in [-0.15, -0.1) is 0 Å². The van der Waals surface area contributed by atoms with E-state index in [1.165, 1.54) is 101 Å². The fourth-order valence-corrected chi connectivity index (χ4v) is 8.76. The first-order chi connectivity index (χ1) is 25.2. The molecule has 3 atom stereocenters. The number of hydrogen-bond donors (Lipinski definition) is 0. The third-order valence-corrected chi connectivity index (χ3v) is 11.8. The molecule has 2 aliphatic heterocycles. The number of aryl methyl sites for hydroxylation is 2. The fraction of sp³-hybridized carbons (Fsp3) is 0.312. The minimum atomic E-state index is 0.133. The van der Waals surface area contributed by atoms with Crippen LogP contribution in [0.3, 0.4) is 0 Å². The van der Waals surface area contributed by atoms with Gasteiger partial charge in [-0.25, -0.2) is 4.99 Å². The Morgan fingerprint density at radius 2 is 1.43 bits per heavy atom. The number of rotatable bonds is 6. The molecule has 0 saturated carbocycles. The molecule has 3 heteroatoms. The van der Waals surface area contributed by atoms with Crippen molar-refractivity contribution in [1.29, 1.82) is 0 Å². The summed E-state index contributed by atoms with van der Waals surface area (Å²) in [5, 5.41) is 0. The number of aliphatic imine (C=N–C) groups is 3. The highest BCUT2D eigenvalue weighted by Crippen LogP contribution is 2.35. The van der Waals surface area contributed by atoms with Crippen LogP contribution in [0.4, 0.5) is 5.69 Å². The first kappa shape index (κ1) is 32.0. The second kappa shape index (κ2) is 14.4. The maximum Gasteiger partial charge on any atom is 0.155 e. The summed E-state index contributed by atoms with van der Waals surface area (Å²) in [5.74, 6) is 1.52. The Labute approximate surface area is 303 Å². The third kappa shape index (κ3) is 6.91. The summed E-state index contributed by atoms with van der Waals surface area (Å²) in [6, 6.07) is 24.7. The number of amidine groups is 1. The van der Waals surface area contributed by atoms with E-state index >= 15 is 0 Å². The Morgan fingerprint density at radius 3 is 2.29 bits per heavy atom. The topological polar surface area (TPSA) is 37.1 Å². The summed E-state index contributed by atoms with van der Waals surface area (Å²) in [7, 11) is 0. The zero-order valence-corrected chi connectivity index (χ0v) is 29.6. The predicted octanol–water partition coefficient (Wildman–Crippen LogP) is 11.6. The van der Waals surface area contributed by atoms with Crippen molar-refractivity contribution in [2.75, 3.05) is 0 Å². The lowest BCUT2D eigenvalue weighted by Gasteiger charge is -2.29. The van der Waals surface area contributed by atoms with Crippen LogP contribution in [0.25, 0.3) is 11.1 Å². The molecule has 4 aliphatic carbocycles. The molecule has 0 N–H and O–H groups in total. The lowest BCUT2D eigenvalue weighted by Crippen LogP contribution is -2.28. The normalized spacial score (nSPS) is 24.2. The van der Waals surface area contributed by atoms with Crippen LogP contribution in [0.5, 0.6) is 0 Å². The SMILES string of the molecule is C1=CC(C2=NC(c3ccc(-c4ccc5c(c4)CCCC5)cc3)=NC(C3C=CC(C4C=Nc5ccccc5C4)=CC3)C2)=CCC=C1C1=CCCCC1. The highest BCUT2D eigenvalue weighted by molar-refractivity contribution is 6.15. The lowest BCUT2D eigenvalue weighted by molar-refractivity contribution is 0.510. The van der Waals surface area contributed by atoms with Crippen molar-refractivity contribution < 1.29 is 0 Å². The largest absolute Gasteiger partial charge is 0.262 e. The number of hydrogen-bond acceptors (Lipinski definition) is 3. The summed E-state index contributed by atoms with van der Waals surface area (Å²) in [6.45, 7) is 0. The van der Waals surface area contributed by atoms with E-state index in [-0.39, 0.29) is 6.04 Å². The van der Waals surface area contributed by atoms with Gasteiger partial charge in [0.25, 0.3) is 0 Å². The summed E-state index contributed by atoms with van der Waals surface area (Å²) in [4.78, 5) is 15.5. The van der Waals surface area contributed by atoms with E-state index in [0.717, 1.165) is 48.5 Å². The molecule has 6 aliphatic rings. The monoisotopic (exact) mass is 665 g/mol. The van der Waals surface area contributed by atoms with E-state index < -0.39 is 0 Å². The molecular formula is C48H47N3. The molecule has 0 bridgehead atoms. The van der Waals surface area contributed by atoms with E-state index in [1.807, 2.05) is 0 Å². The van der Waals surface area contributed by atoms with Crippen LogP contribution in [-0.4, -0.2) is 23.8 Å². The smallest absolute Gasteiger partial charge is 0.155 e. The van der Waals surface area contributed by atoms with Gasteiger partial charge in [-0.2, -0.15) is 0 Å². The molecule has 9 rings (SSSR count). The molecule has 51 heavy (non-hydrogen) atoms. The Balaban J connectivity index is 0.983. The summed E-state index contributed by atoms with van der Waals surface area (Å²) in [6.07, 6.45) is 35.1. The summed E-state index contributed by atoms with van der Waals surface area (Å²) in [5.41, 5.74) is 15.8. The molecule has 0 fully saturated rings. The first-order valence-electron chi connectivity index (χ1n) is 19.4. The van der Waals surface area contributed by atoms with E-state index in [0.29, 0.717) is 11.8 Å².